The number of oxime groups is 1. The Morgan fingerprint density at radius 2 is 2.40 bits per heavy atom. The van der Waals surface area contributed by atoms with E-state index in [0.717, 1.165) is 11.3 Å². The molecule has 0 fully saturated rings. The molecule has 1 rings (SSSR count). The van der Waals surface area contributed by atoms with Crippen LogP contribution in [0.1, 0.15) is 4.88 Å². The zero-order valence-electron chi connectivity index (χ0n) is 4.91. The Labute approximate surface area is 60.6 Å². The van der Waals surface area contributed by atoms with Crippen molar-refractivity contribution in [2.24, 2.45) is 10.9 Å². The maximum atomic E-state index is 12.3. The number of amidine groups is 1. The fourth-order valence-corrected chi connectivity index (χ4v) is 1.13. The van der Waals surface area contributed by atoms with Gasteiger partial charge in [-0.05, 0) is 12.1 Å². The Morgan fingerprint density at radius 1 is 1.70 bits per heavy atom. The van der Waals surface area contributed by atoms with Crippen molar-refractivity contribution in [1.82, 2.24) is 0 Å². The third kappa shape index (κ3) is 1.24. The molecule has 3 N–H and O–H groups in total. The minimum Gasteiger partial charge on any atom is -0.409 e. The van der Waals surface area contributed by atoms with Crippen molar-refractivity contribution in [1.29, 1.82) is 0 Å². The average Bonchev–Trinajstić information content (AvgIpc) is 2.34. The van der Waals surface area contributed by atoms with Gasteiger partial charge in [0.05, 0.1) is 4.88 Å². The first kappa shape index (κ1) is 7.01. The van der Waals surface area contributed by atoms with E-state index in [1.165, 1.54) is 12.1 Å². The summed E-state index contributed by atoms with van der Waals surface area (Å²) < 4.78 is 12.3. The SMILES string of the molecule is N/C(=N\O)c1ccc(F)s1. The first-order valence-electron chi connectivity index (χ1n) is 2.47. The summed E-state index contributed by atoms with van der Waals surface area (Å²) in [6.07, 6.45) is 0. The molecular weight excluding hydrogens is 155 g/mol. The van der Waals surface area contributed by atoms with Crippen molar-refractivity contribution < 1.29 is 9.60 Å². The number of halogens is 1. The molecule has 5 heteroatoms. The van der Waals surface area contributed by atoms with E-state index in [1.807, 2.05) is 0 Å². The van der Waals surface area contributed by atoms with Gasteiger partial charge >= 0.3 is 0 Å². The quantitative estimate of drug-likeness (QED) is 0.278. The zero-order chi connectivity index (χ0) is 7.56. The molecule has 1 aromatic heterocycles. The van der Waals surface area contributed by atoms with E-state index in [0.29, 0.717) is 4.88 Å². The highest BCUT2D eigenvalue weighted by Gasteiger charge is 2.02. The van der Waals surface area contributed by atoms with Crippen LogP contribution in [-0.4, -0.2) is 11.0 Å². The highest BCUT2D eigenvalue weighted by molar-refractivity contribution is 7.12. The van der Waals surface area contributed by atoms with Gasteiger partial charge in [-0.1, -0.05) is 5.16 Å². The van der Waals surface area contributed by atoms with Gasteiger partial charge < -0.3 is 10.9 Å². The predicted octanol–water partition coefficient (Wildman–Crippen LogP) is 0.982. The summed E-state index contributed by atoms with van der Waals surface area (Å²) in [5.41, 5.74) is 5.15. The molecule has 0 saturated heterocycles. The number of nitrogens with two attached hydrogens (primary N) is 1. The van der Waals surface area contributed by atoms with Crippen molar-refractivity contribution in [2.75, 3.05) is 0 Å². The Kier molecular flexibility index (Phi) is 1.86. The molecule has 0 aliphatic heterocycles. The molecule has 1 aromatic rings. The summed E-state index contributed by atoms with van der Waals surface area (Å²) in [4.78, 5) is 0.431. The third-order valence-electron chi connectivity index (χ3n) is 0.933. The highest BCUT2D eigenvalue weighted by atomic mass is 32.1. The molecule has 0 radical (unpaired) electrons. The van der Waals surface area contributed by atoms with Gasteiger partial charge in [-0.15, -0.1) is 11.3 Å². The van der Waals surface area contributed by atoms with Gasteiger partial charge in [0.1, 0.15) is 0 Å². The van der Waals surface area contributed by atoms with Crippen LogP contribution in [0.15, 0.2) is 17.3 Å². The molecule has 0 unspecified atom stereocenters. The molecule has 0 aliphatic rings. The van der Waals surface area contributed by atoms with Gasteiger partial charge in [0.25, 0.3) is 0 Å². The van der Waals surface area contributed by atoms with Crippen molar-refractivity contribution >= 4 is 17.2 Å². The number of nitrogens with zero attached hydrogens (tertiary/aromatic N) is 1. The van der Waals surface area contributed by atoms with Crippen LogP contribution >= 0.6 is 11.3 Å². The summed E-state index contributed by atoms with van der Waals surface area (Å²) in [5.74, 6) is -0.0612. The molecule has 0 aromatic carbocycles. The second-order valence-electron chi connectivity index (χ2n) is 1.59. The first-order valence-corrected chi connectivity index (χ1v) is 3.29. The van der Waals surface area contributed by atoms with Gasteiger partial charge in [0.15, 0.2) is 11.0 Å². The van der Waals surface area contributed by atoms with Crippen LogP contribution < -0.4 is 5.73 Å². The van der Waals surface area contributed by atoms with Gasteiger partial charge in [0.2, 0.25) is 0 Å². The summed E-state index contributed by atoms with van der Waals surface area (Å²) >= 11 is 0.838. The lowest BCUT2D eigenvalue weighted by atomic mass is 10.4. The molecule has 0 spiro atoms. The average molecular weight is 160 g/mol. The van der Waals surface area contributed by atoms with Gasteiger partial charge in [-0.3, -0.25) is 0 Å². The van der Waals surface area contributed by atoms with Gasteiger partial charge in [-0.2, -0.15) is 4.39 Å². The predicted molar refractivity (Wildman–Crippen MR) is 36.8 cm³/mol. The number of rotatable bonds is 1. The van der Waals surface area contributed by atoms with E-state index in [1.54, 1.807) is 0 Å². The molecule has 1 heterocycles. The van der Waals surface area contributed by atoms with Crippen molar-refractivity contribution in [3.05, 3.63) is 22.1 Å². The monoisotopic (exact) mass is 160 g/mol. The van der Waals surface area contributed by atoms with E-state index in [9.17, 15) is 4.39 Å². The topological polar surface area (TPSA) is 58.6 Å². The van der Waals surface area contributed by atoms with E-state index in [-0.39, 0.29) is 11.0 Å². The second kappa shape index (κ2) is 2.66. The summed E-state index contributed by atoms with van der Waals surface area (Å²) in [5, 5.41) is 10.5. The minimum absolute atomic E-state index is 0.0612. The van der Waals surface area contributed by atoms with Crippen LogP contribution in [0.25, 0.3) is 0 Å². The smallest absolute Gasteiger partial charge is 0.180 e. The van der Waals surface area contributed by atoms with Crippen molar-refractivity contribution in [2.45, 2.75) is 0 Å². The largest absolute Gasteiger partial charge is 0.409 e. The number of hydrogen-bond donors (Lipinski definition) is 2. The second-order valence-corrected chi connectivity index (χ2v) is 2.62. The van der Waals surface area contributed by atoms with Crippen LogP contribution in [0.5, 0.6) is 0 Å². The molecule has 0 amide bonds. The van der Waals surface area contributed by atoms with E-state index in [2.05, 4.69) is 5.16 Å². The van der Waals surface area contributed by atoms with Crippen LogP contribution in [0.3, 0.4) is 0 Å². The molecule has 0 atom stereocenters. The maximum Gasteiger partial charge on any atom is 0.180 e. The Morgan fingerprint density at radius 3 is 2.80 bits per heavy atom. The summed E-state index contributed by atoms with van der Waals surface area (Å²) in [6, 6.07) is 2.72. The fourth-order valence-electron chi connectivity index (χ4n) is 0.501. The van der Waals surface area contributed by atoms with Crippen LogP contribution in [0.2, 0.25) is 0 Å². The lowest BCUT2D eigenvalue weighted by Crippen LogP contribution is -2.10. The van der Waals surface area contributed by atoms with Gasteiger partial charge in [0, 0.05) is 0 Å². The maximum absolute atomic E-state index is 12.3. The fraction of sp³-hybridized carbons (Fsp3) is 0. The van der Waals surface area contributed by atoms with Crippen LogP contribution in [0, 0.1) is 5.13 Å². The molecule has 0 bridgehead atoms. The lowest BCUT2D eigenvalue weighted by molar-refractivity contribution is 0.319. The minimum atomic E-state index is -0.346. The summed E-state index contributed by atoms with van der Waals surface area (Å²) in [7, 11) is 0. The van der Waals surface area contributed by atoms with Crippen molar-refractivity contribution in [3.63, 3.8) is 0 Å². The Bertz CT molecular complexity index is 258. The molecule has 0 aliphatic carbocycles. The normalized spacial score (nSPS) is 11.9. The molecular formula is C5H5FN2OS. The van der Waals surface area contributed by atoms with E-state index < -0.39 is 0 Å². The Balaban J connectivity index is 2.95. The van der Waals surface area contributed by atoms with Gasteiger partial charge in [-0.25, -0.2) is 0 Å². The molecule has 0 saturated carbocycles. The number of hydrogen-bond acceptors (Lipinski definition) is 3. The van der Waals surface area contributed by atoms with Crippen LogP contribution in [-0.2, 0) is 0 Å². The van der Waals surface area contributed by atoms with E-state index >= 15 is 0 Å². The standard InChI is InChI=1S/C5H5FN2OS/c6-4-2-1-3(10-4)5(7)8-9/h1-2,9H,(H2,7,8). The first-order chi connectivity index (χ1) is 4.74. The third-order valence-corrected chi connectivity index (χ3v) is 1.83. The van der Waals surface area contributed by atoms with Crippen molar-refractivity contribution in [3.8, 4) is 0 Å². The summed E-state index contributed by atoms with van der Waals surface area (Å²) in [6.45, 7) is 0. The lowest BCUT2D eigenvalue weighted by Gasteiger charge is -1.87. The molecule has 54 valence electrons. The molecule has 10 heavy (non-hydrogen) atoms. The molecule has 3 nitrogen and oxygen atoms in total. The van der Waals surface area contributed by atoms with E-state index in [4.69, 9.17) is 10.9 Å². The Hall–Kier alpha value is -1.10. The van der Waals surface area contributed by atoms with Crippen LogP contribution in [0.4, 0.5) is 4.39 Å². The highest BCUT2D eigenvalue weighted by Crippen LogP contribution is 2.13. The number of thiophene rings is 1. The zero-order valence-corrected chi connectivity index (χ0v) is 5.73.